The first-order chi connectivity index (χ1) is 13.0. The van der Waals surface area contributed by atoms with Crippen LogP contribution >= 0.6 is 0 Å². The third-order valence-electron chi connectivity index (χ3n) is 4.51. The maximum atomic E-state index is 15.0. The van der Waals surface area contributed by atoms with E-state index < -0.39 is 20.9 Å². The van der Waals surface area contributed by atoms with Gasteiger partial charge in [-0.05, 0) is 49.6 Å². The Morgan fingerprint density at radius 2 is 1.75 bits per heavy atom. The molecule has 0 aliphatic rings. The van der Waals surface area contributed by atoms with Crippen molar-refractivity contribution in [2.24, 2.45) is 0 Å². The maximum Gasteiger partial charge on any atom is 0.224 e. The Morgan fingerprint density at radius 3 is 2.32 bits per heavy atom. The summed E-state index contributed by atoms with van der Waals surface area (Å²) in [7, 11) is -3.53. The Bertz CT molecular complexity index is 923. The molecule has 0 aromatic heterocycles. The number of hydrogen-bond acceptors (Lipinski definition) is 3. The van der Waals surface area contributed by atoms with E-state index in [4.69, 9.17) is 0 Å². The van der Waals surface area contributed by atoms with E-state index in [1.807, 2.05) is 24.3 Å². The number of carbonyl (C=O) groups is 1. The summed E-state index contributed by atoms with van der Waals surface area (Å²) in [6.07, 6.45) is 0.397. The monoisotopic (exact) mass is 406 g/mol. The fraction of sp³-hybridized carbons (Fsp3) is 0.381. The number of nitrogens with one attached hydrogen (secondary N) is 2. The van der Waals surface area contributed by atoms with Gasteiger partial charge in [-0.25, -0.2) is 17.5 Å². The maximum absolute atomic E-state index is 15.0. The minimum absolute atomic E-state index is 0.0652. The first kappa shape index (κ1) is 22.0. The molecule has 2 aromatic carbocycles. The van der Waals surface area contributed by atoms with E-state index in [0.717, 1.165) is 11.1 Å². The lowest BCUT2D eigenvalue weighted by Crippen LogP contribution is -2.39. The molecule has 5 nitrogen and oxygen atoms in total. The van der Waals surface area contributed by atoms with Crippen molar-refractivity contribution in [1.82, 2.24) is 4.72 Å². The fourth-order valence-corrected chi connectivity index (χ4v) is 3.35. The molecule has 2 rings (SSSR count). The molecule has 0 fully saturated rings. The summed E-state index contributed by atoms with van der Waals surface area (Å²) in [4.78, 5) is 11.6. The van der Waals surface area contributed by atoms with Gasteiger partial charge in [-0.3, -0.25) is 4.79 Å². The van der Waals surface area contributed by atoms with Crippen molar-refractivity contribution < 1.29 is 17.6 Å². The van der Waals surface area contributed by atoms with Gasteiger partial charge in [-0.1, -0.05) is 43.3 Å². The van der Waals surface area contributed by atoms with Crippen LogP contribution in [0.5, 0.6) is 0 Å². The molecule has 7 heteroatoms. The smallest absolute Gasteiger partial charge is 0.224 e. The van der Waals surface area contributed by atoms with Gasteiger partial charge in [0.1, 0.15) is 5.67 Å². The summed E-state index contributed by atoms with van der Waals surface area (Å²) in [5.41, 5.74) is 1.01. The van der Waals surface area contributed by atoms with Crippen molar-refractivity contribution in [3.63, 3.8) is 0 Å². The third kappa shape index (κ3) is 5.62. The Balaban J connectivity index is 2.16. The third-order valence-corrected chi connectivity index (χ3v) is 6.30. The van der Waals surface area contributed by atoms with Crippen LogP contribution in [0.4, 0.5) is 10.1 Å². The molecule has 0 spiro atoms. The number of hydrogen-bond donors (Lipinski definition) is 2. The van der Waals surface area contributed by atoms with Crippen molar-refractivity contribution >= 4 is 21.6 Å². The molecule has 28 heavy (non-hydrogen) atoms. The molecular formula is C21H27FN2O3S. The molecule has 0 saturated carbocycles. The highest BCUT2D eigenvalue weighted by atomic mass is 32.2. The van der Waals surface area contributed by atoms with E-state index in [1.54, 1.807) is 45.0 Å². The molecule has 0 saturated heterocycles. The zero-order chi connectivity index (χ0) is 20.9. The van der Waals surface area contributed by atoms with Crippen LogP contribution in [0.2, 0.25) is 0 Å². The van der Waals surface area contributed by atoms with Gasteiger partial charge in [0.05, 0.1) is 5.25 Å². The first-order valence-corrected chi connectivity index (χ1v) is 10.8. The van der Waals surface area contributed by atoms with Crippen LogP contribution < -0.4 is 10.0 Å². The molecule has 0 aliphatic heterocycles. The van der Waals surface area contributed by atoms with E-state index >= 15 is 4.39 Å². The molecule has 0 bridgehead atoms. The lowest BCUT2D eigenvalue weighted by Gasteiger charge is -2.22. The van der Waals surface area contributed by atoms with E-state index in [2.05, 4.69) is 10.0 Å². The van der Waals surface area contributed by atoms with Gasteiger partial charge in [-0.2, -0.15) is 0 Å². The van der Waals surface area contributed by atoms with Gasteiger partial charge in [0.15, 0.2) is 0 Å². The minimum Gasteiger partial charge on any atom is -0.326 e. The average Bonchev–Trinajstić information content (AvgIpc) is 2.66. The number of alkyl halides is 1. The van der Waals surface area contributed by atoms with Gasteiger partial charge in [0.25, 0.3) is 0 Å². The van der Waals surface area contributed by atoms with Crippen LogP contribution in [0.25, 0.3) is 11.1 Å². The van der Waals surface area contributed by atoms with E-state index in [1.165, 1.54) is 6.92 Å². The largest absolute Gasteiger partial charge is 0.326 e. The molecular weight excluding hydrogens is 379 g/mol. The Morgan fingerprint density at radius 1 is 1.11 bits per heavy atom. The summed E-state index contributed by atoms with van der Waals surface area (Å²) < 4.78 is 41.1. The van der Waals surface area contributed by atoms with E-state index in [-0.39, 0.29) is 12.5 Å². The second-order valence-corrected chi connectivity index (χ2v) is 9.49. The Hall–Kier alpha value is -2.25. The second-order valence-electron chi connectivity index (χ2n) is 7.17. The van der Waals surface area contributed by atoms with Gasteiger partial charge in [0.2, 0.25) is 15.9 Å². The van der Waals surface area contributed by atoms with Crippen LogP contribution in [0.3, 0.4) is 0 Å². The molecule has 1 atom stereocenters. The number of rotatable bonds is 8. The lowest BCUT2D eigenvalue weighted by molar-refractivity contribution is -0.115. The molecule has 1 amide bonds. The number of halogens is 1. The molecule has 0 aliphatic carbocycles. The first-order valence-electron chi connectivity index (χ1n) is 9.23. The summed E-state index contributed by atoms with van der Waals surface area (Å²) in [5.74, 6) is -0.0652. The van der Waals surface area contributed by atoms with E-state index in [0.29, 0.717) is 17.7 Å². The quantitative estimate of drug-likeness (QED) is 0.689. The average molecular weight is 407 g/mol. The standard InChI is InChI=1S/C21H27FN2O3S/c1-5-20(25)24-19-8-6-7-17(13-19)16-9-11-18(12-10-16)21(4,22)14-23-28(26,27)15(2)3/h6-13,15,23H,5,14H2,1-4H3,(H,24,25). The minimum atomic E-state index is -3.53. The number of sulfonamides is 1. The lowest BCUT2D eigenvalue weighted by atomic mass is 9.95. The number of benzene rings is 2. The second kappa shape index (κ2) is 8.84. The number of carbonyl (C=O) groups excluding carboxylic acids is 1. The molecule has 0 heterocycles. The van der Waals surface area contributed by atoms with Crippen LogP contribution in [-0.2, 0) is 20.5 Å². The van der Waals surface area contributed by atoms with Crippen molar-refractivity contribution in [2.45, 2.75) is 45.0 Å². The van der Waals surface area contributed by atoms with Crippen LogP contribution in [-0.4, -0.2) is 26.1 Å². The summed E-state index contributed by atoms with van der Waals surface area (Å²) in [6, 6.07) is 14.3. The zero-order valence-corrected chi connectivity index (χ0v) is 17.4. The summed E-state index contributed by atoms with van der Waals surface area (Å²) in [6.45, 7) is 5.90. The van der Waals surface area contributed by atoms with Crippen molar-refractivity contribution in [3.05, 3.63) is 54.1 Å². The molecule has 2 aromatic rings. The van der Waals surface area contributed by atoms with Crippen molar-refractivity contribution in [2.75, 3.05) is 11.9 Å². The fourth-order valence-electron chi connectivity index (χ4n) is 2.54. The van der Waals surface area contributed by atoms with Gasteiger partial charge >= 0.3 is 0 Å². The van der Waals surface area contributed by atoms with Gasteiger partial charge in [0, 0.05) is 18.7 Å². The number of anilines is 1. The van der Waals surface area contributed by atoms with Gasteiger partial charge < -0.3 is 5.32 Å². The van der Waals surface area contributed by atoms with Crippen LogP contribution in [0.1, 0.15) is 39.7 Å². The highest BCUT2D eigenvalue weighted by Gasteiger charge is 2.29. The predicted octanol–water partition coefficient (Wildman–Crippen LogP) is 4.21. The van der Waals surface area contributed by atoms with Gasteiger partial charge in [-0.15, -0.1) is 0 Å². The molecule has 2 N–H and O–H groups in total. The Kier molecular flexibility index (Phi) is 6.96. The van der Waals surface area contributed by atoms with E-state index in [9.17, 15) is 13.2 Å². The van der Waals surface area contributed by atoms with Crippen molar-refractivity contribution in [3.8, 4) is 11.1 Å². The zero-order valence-electron chi connectivity index (χ0n) is 16.6. The summed E-state index contributed by atoms with van der Waals surface area (Å²) in [5, 5.41) is 2.19. The SMILES string of the molecule is CCC(=O)Nc1cccc(-c2ccc(C(C)(F)CNS(=O)(=O)C(C)C)cc2)c1. The molecule has 0 radical (unpaired) electrons. The topological polar surface area (TPSA) is 75.3 Å². The molecule has 152 valence electrons. The highest BCUT2D eigenvalue weighted by molar-refractivity contribution is 7.90. The molecule has 1 unspecified atom stereocenters. The highest BCUT2D eigenvalue weighted by Crippen LogP contribution is 2.29. The predicted molar refractivity (Wildman–Crippen MR) is 111 cm³/mol. The van der Waals surface area contributed by atoms with Crippen LogP contribution in [0.15, 0.2) is 48.5 Å². The number of amides is 1. The Labute approximate surface area is 166 Å². The van der Waals surface area contributed by atoms with Crippen molar-refractivity contribution in [1.29, 1.82) is 0 Å². The van der Waals surface area contributed by atoms with Crippen LogP contribution in [0, 0.1) is 0 Å². The normalized spacial score (nSPS) is 13.9. The summed E-state index contributed by atoms with van der Waals surface area (Å²) >= 11 is 0.